The number of amides is 2. The van der Waals surface area contributed by atoms with Crippen molar-refractivity contribution in [2.45, 2.75) is 77.2 Å². The molecule has 0 aromatic heterocycles. The minimum atomic E-state index is -4.62. The number of aryl methyl sites for hydroxylation is 1. The number of rotatable bonds is 11. The summed E-state index contributed by atoms with van der Waals surface area (Å²) in [5, 5.41) is 3.03. The van der Waals surface area contributed by atoms with Gasteiger partial charge in [0.1, 0.15) is 6.04 Å². The van der Waals surface area contributed by atoms with Crippen molar-refractivity contribution >= 4 is 27.5 Å². The zero-order valence-corrected chi connectivity index (χ0v) is 23.3. The molecule has 3 rings (SSSR count). The van der Waals surface area contributed by atoms with Crippen molar-refractivity contribution < 1.29 is 31.2 Å². The van der Waals surface area contributed by atoms with Crippen LogP contribution in [-0.2, 0) is 32.3 Å². The number of nitrogens with zero attached hydrogens (tertiary/aromatic N) is 2. The molecule has 2 aromatic rings. The van der Waals surface area contributed by atoms with E-state index in [-0.39, 0.29) is 49.5 Å². The number of carbonyl (C=O) groups excluding carboxylic acids is 2. The zero-order chi connectivity index (χ0) is 28.8. The third-order valence-electron chi connectivity index (χ3n) is 6.96. The van der Waals surface area contributed by atoms with Gasteiger partial charge in [-0.25, -0.2) is 8.42 Å². The number of anilines is 1. The molecule has 1 N–H and O–H groups in total. The largest absolute Gasteiger partial charge is 0.416 e. The van der Waals surface area contributed by atoms with Crippen LogP contribution in [-0.4, -0.2) is 50.0 Å². The maximum absolute atomic E-state index is 13.4. The second-order valence-corrected chi connectivity index (χ2v) is 12.1. The van der Waals surface area contributed by atoms with Crippen LogP contribution in [0.3, 0.4) is 0 Å². The van der Waals surface area contributed by atoms with Gasteiger partial charge >= 0.3 is 6.18 Å². The first-order valence-electron chi connectivity index (χ1n) is 13.1. The minimum absolute atomic E-state index is 0.0590. The Labute approximate surface area is 228 Å². The lowest BCUT2D eigenvalue weighted by Gasteiger charge is -2.30. The van der Waals surface area contributed by atoms with E-state index in [0.29, 0.717) is 0 Å². The lowest BCUT2D eigenvalue weighted by Crippen LogP contribution is -2.49. The van der Waals surface area contributed by atoms with Crippen molar-refractivity contribution in [3.8, 4) is 0 Å². The summed E-state index contributed by atoms with van der Waals surface area (Å²) in [4.78, 5) is 27.9. The predicted octanol–water partition coefficient (Wildman–Crippen LogP) is 5.04. The first-order valence-corrected chi connectivity index (χ1v) is 14.9. The van der Waals surface area contributed by atoms with Crippen LogP contribution >= 0.6 is 0 Å². The minimum Gasteiger partial charge on any atom is -0.352 e. The molecule has 0 radical (unpaired) electrons. The number of hydrogen-bond donors (Lipinski definition) is 1. The topological polar surface area (TPSA) is 86.8 Å². The quantitative estimate of drug-likeness (QED) is 0.413. The number of hydrogen-bond acceptors (Lipinski definition) is 4. The number of benzene rings is 2. The maximum atomic E-state index is 13.4. The third kappa shape index (κ3) is 8.71. The van der Waals surface area contributed by atoms with E-state index in [4.69, 9.17) is 0 Å². The van der Waals surface area contributed by atoms with Crippen LogP contribution in [0.4, 0.5) is 18.9 Å². The van der Waals surface area contributed by atoms with E-state index in [0.717, 1.165) is 65.6 Å². The van der Waals surface area contributed by atoms with Crippen molar-refractivity contribution in [1.82, 2.24) is 10.2 Å². The molecule has 0 heterocycles. The van der Waals surface area contributed by atoms with Crippen molar-refractivity contribution in [2.75, 3.05) is 17.1 Å². The molecule has 11 heteroatoms. The first-order chi connectivity index (χ1) is 18.3. The van der Waals surface area contributed by atoms with Gasteiger partial charge in [0.2, 0.25) is 21.8 Å². The van der Waals surface area contributed by atoms with Gasteiger partial charge in [0.15, 0.2) is 0 Å². The summed E-state index contributed by atoms with van der Waals surface area (Å²) in [6.07, 6.45) is 0.168. The van der Waals surface area contributed by atoms with Gasteiger partial charge in [-0.3, -0.25) is 13.9 Å². The Kier molecular flexibility index (Phi) is 10.0. The average Bonchev–Trinajstić information content (AvgIpc) is 3.37. The molecule has 0 saturated heterocycles. The van der Waals surface area contributed by atoms with Crippen LogP contribution in [0.15, 0.2) is 48.5 Å². The normalized spacial score (nSPS) is 15.1. The molecular weight excluding hydrogens is 531 g/mol. The molecule has 0 aliphatic heterocycles. The monoisotopic (exact) mass is 567 g/mol. The van der Waals surface area contributed by atoms with Gasteiger partial charge in [-0.2, -0.15) is 13.2 Å². The van der Waals surface area contributed by atoms with Crippen molar-refractivity contribution in [1.29, 1.82) is 0 Å². The summed E-state index contributed by atoms with van der Waals surface area (Å²) in [6.45, 7) is 3.62. The number of sulfonamides is 1. The highest BCUT2D eigenvalue weighted by Gasteiger charge is 2.32. The van der Waals surface area contributed by atoms with E-state index in [1.807, 2.05) is 31.2 Å². The molecule has 0 unspecified atom stereocenters. The SMILES string of the molecule is Cc1ccc(CN(C(=O)CCCN(c2cccc(C(F)(F)F)c2)S(C)(=O)=O)[C@@H](C)C(=O)NC2CCCC2)cc1. The van der Waals surface area contributed by atoms with E-state index in [9.17, 15) is 31.2 Å². The van der Waals surface area contributed by atoms with Crippen LogP contribution in [0.1, 0.15) is 62.1 Å². The Hall–Kier alpha value is -3.08. The second kappa shape index (κ2) is 12.8. The Balaban J connectivity index is 1.74. The number of nitrogens with one attached hydrogen (secondary N) is 1. The molecule has 1 aliphatic carbocycles. The maximum Gasteiger partial charge on any atom is 0.416 e. The molecule has 1 fully saturated rings. The molecule has 0 spiro atoms. The average molecular weight is 568 g/mol. The highest BCUT2D eigenvalue weighted by Crippen LogP contribution is 2.32. The fraction of sp³-hybridized carbons (Fsp3) is 0.500. The van der Waals surface area contributed by atoms with E-state index in [1.165, 1.54) is 11.0 Å². The van der Waals surface area contributed by atoms with Crippen LogP contribution in [0.5, 0.6) is 0 Å². The van der Waals surface area contributed by atoms with E-state index < -0.39 is 27.8 Å². The highest BCUT2D eigenvalue weighted by atomic mass is 32.2. The molecule has 1 aliphatic rings. The van der Waals surface area contributed by atoms with Gasteiger partial charge in [0.25, 0.3) is 0 Å². The van der Waals surface area contributed by atoms with Gasteiger partial charge in [-0.15, -0.1) is 0 Å². The fourth-order valence-electron chi connectivity index (χ4n) is 4.71. The fourth-order valence-corrected chi connectivity index (χ4v) is 5.66. The lowest BCUT2D eigenvalue weighted by molar-refractivity contribution is -0.141. The molecular formula is C28H36F3N3O4S. The smallest absolute Gasteiger partial charge is 0.352 e. The number of alkyl halides is 3. The highest BCUT2D eigenvalue weighted by molar-refractivity contribution is 7.92. The summed E-state index contributed by atoms with van der Waals surface area (Å²) in [6, 6.07) is 11.0. The van der Waals surface area contributed by atoms with E-state index in [2.05, 4.69) is 5.32 Å². The molecule has 1 saturated carbocycles. The van der Waals surface area contributed by atoms with E-state index >= 15 is 0 Å². The predicted molar refractivity (Wildman–Crippen MR) is 144 cm³/mol. The number of halogens is 3. The van der Waals surface area contributed by atoms with E-state index in [1.54, 1.807) is 6.92 Å². The van der Waals surface area contributed by atoms with Crippen molar-refractivity contribution in [2.24, 2.45) is 0 Å². The standard InChI is InChI=1S/C28H36F3N3O4S/c1-20-13-15-22(16-14-20)19-33(21(2)27(36)32-24-9-4-5-10-24)26(35)12-7-17-34(39(3,37)38)25-11-6-8-23(18-25)28(29,30)31/h6,8,11,13-16,18,21,24H,4-5,7,9-10,12,17,19H2,1-3H3,(H,32,36)/t21-/m0/s1. The molecule has 2 amide bonds. The molecule has 7 nitrogen and oxygen atoms in total. The van der Waals surface area contributed by atoms with Crippen molar-refractivity contribution in [3.63, 3.8) is 0 Å². The molecule has 2 aromatic carbocycles. The molecule has 0 bridgehead atoms. The van der Waals surface area contributed by atoms with Crippen molar-refractivity contribution in [3.05, 3.63) is 65.2 Å². The zero-order valence-electron chi connectivity index (χ0n) is 22.5. The lowest BCUT2D eigenvalue weighted by atomic mass is 10.1. The van der Waals surface area contributed by atoms with Gasteiger partial charge < -0.3 is 10.2 Å². The van der Waals surface area contributed by atoms with Crippen LogP contribution < -0.4 is 9.62 Å². The Bertz CT molecular complexity index is 1240. The Morgan fingerprint density at radius 2 is 1.72 bits per heavy atom. The Morgan fingerprint density at radius 1 is 1.08 bits per heavy atom. The molecule has 1 atom stereocenters. The molecule has 214 valence electrons. The summed E-state index contributed by atoms with van der Waals surface area (Å²) in [5.41, 5.74) is 0.812. The number of carbonyl (C=O) groups is 2. The van der Waals surface area contributed by atoms with Gasteiger partial charge in [-0.1, -0.05) is 48.7 Å². The second-order valence-electron chi connectivity index (χ2n) is 10.2. The van der Waals surface area contributed by atoms with Crippen LogP contribution in [0.2, 0.25) is 0 Å². The summed E-state index contributed by atoms with van der Waals surface area (Å²) < 4.78 is 65.3. The summed E-state index contributed by atoms with van der Waals surface area (Å²) in [7, 11) is -3.92. The summed E-state index contributed by atoms with van der Waals surface area (Å²) >= 11 is 0. The Morgan fingerprint density at radius 3 is 2.31 bits per heavy atom. The van der Waals surface area contributed by atoms with Gasteiger partial charge in [0, 0.05) is 25.6 Å². The third-order valence-corrected chi connectivity index (χ3v) is 8.15. The molecule has 39 heavy (non-hydrogen) atoms. The first kappa shape index (κ1) is 30.5. The van der Waals surface area contributed by atoms with Gasteiger partial charge in [0.05, 0.1) is 17.5 Å². The van der Waals surface area contributed by atoms with Crippen LogP contribution in [0, 0.1) is 6.92 Å². The van der Waals surface area contributed by atoms with Crippen LogP contribution in [0.25, 0.3) is 0 Å². The summed E-state index contributed by atoms with van der Waals surface area (Å²) in [5.74, 6) is -0.591. The van der Waals surface area contributed by atoms with Gasteiger partial charge in [-0.05, 0) is 56.9 Å².